The van der Waals surface area contributed by atoms with Crippen LogP contribution in [-0.4, -0.2) is 51.3 Å². The molecule has 7 heteroatoms. The van der Waals surface area contributed by atoms with Gasteiger partial charge in [-0.05, 0) is 47.5 Å². The minimum atomic E-state index is -0.479. The summed E-state index contributed by atoms with van der Waals surface area (Å²) in [5.74, 6) is -0.737. The molecule has 3 heterocycles. The maximum Gasteiger partial charge on any atom is 0.256 e. The molecule has 1 amide bonds. The highest BCUT2D eigenvalue weighted by atomic mass is 35.5. The molecule has 0 unspecified atom stereocenters. The average Bonchev–Trinajstić information content (AvgIpc) is 3.31. The SMILES string of the molecule is O=C(c1ccccc1F)N1CCN(Cc2c(-c3ccc(Cl)cc3)nc3ccc(-c4ccccc4)cn23)CC1. The summed E-state index contributed by atoms with van der Waals surface area (Å²) < 4.78 is 16.4. The molecule has 38 heavy (non-hydrogen) atoms. The quantitative estimate of drug-likeness (QED) is 0.266. The maximum absolute atomic E-state index is 14.2. The third-order valence-corrected chi connectivity index (χ3v) is 7.33. The lowest BCUT2D eigenvalue weighted by Crippen LogP contribution is -2.48. The first kappa shape index (κ1) is 24.3. The standard InChI is InChI=1S/C31H26ClFN4O/c32-25-13-10-23(11-14-25)30-28(37-20-24(12-15-29(37)34-30)22-6-2-1-3-7-22)21-35-16-18-36(19-17-35)31(38)26-8-4-5-9-27(26)33/h1-15,20H,16-19,21H2. The van der Waals surface area contributed by atoms with E-state index in [4.69, 9.17) is 16.6 Å². The van der Waals surface area contributed by atoms with Gasteiger partial charge in [0.1, 0.15) is 11.5 Å². The molecule has 2 aromatic heterocycles. The fourth-order valence-corrected chi connectivity index (χ4v) is 5.14. The number of amides is 1. The Labute approximate surface area is 225 Å². The number of hydrogen-bond donors (Lipinski definition) is 0. The van der Waals surface area contributed by atoms with Crippen molar-refractivity contribution in [3.05, 3.63) is 119 Å². The molecule has 1 aliphatic heterocycles. The predicted octanol–water partition coefficient (Wildman–Crippen LogP) is 6.42. The summed E-state index contributed by atoms with van der Waals surface area (Å²) in [6.07, 6.45) is 2.14. The molecule has 6 rings (SSSR count). The van der Waals surface area contributed by atoms with Crippen LogP contribution in [0.5, 0.6) is 0 Å². The minimum Gasteiger partial charge on any atom is -0.336 e. The van der Waals surface area contributed by atoms with Crippen LogP contribution in [0.4, 0.5) is 4.39 Å². The molecule has 0 bridgehead atoms. The normalized spacial score (nSPS) is 14.2. The fourth-order valence-electron chi connectivity index (χ4n) is 5.01. The van der Waals surface area contributed by atoms with Crippen molar-refractivity contribution in [1.29, 1.82) is 0 Å². The molecule has 0 radical (unpaired) electrons. The topological polar surface area (TPSA) is 40.9 Å². The number of carbonyl (C=O) groups excluding carboxylic acids is 1. The summed E-state index contributed by atoms with van der Waals surface area (Å²) in [7, 11) is 0. The molecule has 5 nitrogen and oxygen atoms in total. The predicted molar refractivity (Wildman–Crippen MR) is 149 cm³/mol. The first-order valence-corrected chi connectivity index (χ1v) is 13.0. The third-order valence-electron chi connectivity index (χ3n) is 7.08. The van der Waals surface area contributed by atoms with Crippen LogP contribution < -0.4 is 0 Å². The van der Waals surface area contributed by atoms with Gasteiger partial charge in [-0.15, -0.1) is 0 Å². The van der Waals surface area contributed by atoms with Gasteiger partial charge in [-0.3, -0.25) is 9.69 Å². The molecule has 0 saturated carbocycles. The number of halogens is 2. The van der Waals surface area contributed by atoms with Gasteiger partial charge >= 0.3 is 0 Å². The zero-order chi connectivity index (χ0) is 26.1. The summed E-state index contributed by atoms with van der Waals surface area (Å²) >= 11 is 6.17. The molecule has 190 valence electrons. The van der Waals surface area contributed by atoms with Gasteiger partial charge in [-0.2, -0.15) is 0 Å². The summed E-state index contributed by atoms with van der Waals surface area (Å²) in [5, 5.41) is 0.682. The second-order valence-corrected chi connectivity index (χ2v) is 9.91. The second-order valence-electron chi connectivity index (χ2n) is 9.47. The van der Waals surface area contributed by atoms with E-state index >= 15 is 0 Å². The van der Waals surface area contributed by atoms with Crippen molar-refractivity contribution in [2.45, 2.75) is 6.54 Å². The molecule has 1 fully saturated rings. The van der Waals surface area contributed by atoms with Gasteiger partial charge in [0.2, 0.25) is 0 Å². The van der Waals surface area contributed by atoms with E-state index in [0.717, 1.165) is 33.7 Å². The van der Waals surface area contributed by atoms with Crippen molar-refractivity contribution < 1.29 is 9.18 Å². The van der Waals surface area contributed by atoms with E-state index in [0.29, 0.717) is 37.7 Å². The van der Waals surface area contributed by atoms with Crippen LogP contribution in [0.3, 0.4) is 0 Å². The minimum absolute atomic E-state index is 0.126. The van der Waals surface area contributed by atoms with Crippen molar-refractivity contribution in [3.63, 3.8) is 0 Å². The molecule has 1 aliphatic rings. The van der Waals surface area contributed by atoms with E-state index in [1.54, 1.807) is 23.1 Å². The second kappa shape index (κ2) is 10.4. The summed E-state index contributed by atoms with van der Waals surface area (Å²) in [6.45, 7) is 3.11. The molecule has 0 aliphatic carbocycles. The number of imidazole rings is 1. The van der Waals surface area contributed by atoms with Crippen LogP contribution in [-0.2, 0) is 6.54 Å². The van der Waals surface area contributed by atoms with Crippen molar-refractivity contribution in [2.75, 3.05) is 26.2 Å². The lowest BCUT2D eigenvalue weighted by molar-refractivity contribution is 0.0622. The Morgan fingerprint density at radius 3 is 2.21 bits per heavy atom. The van der Waals surface area contributed by atoms with Crippen LogP contribution in [0, 0.1) is 5.82 Å². The number of piperazine rings is 1. The number of nitrogens with zero attached hydrogens (tertiary/aromatic N) is 4. The summed E-state index contributed by atoms with van der Waals surface area (Å²) in [4.78, 5) is 21.9. The Kier molecular flexibility index (Phi) is 6.66. The largest absolute Gasteiger partial charge is 0.336 e. The number of aromatic nitrogens is 2. The zero-order valence-electron chi connectivity index (χ0n) is 20.7. The van der Waals surface area contributed by atoms with Gasteiger partial charge in [0.05, 0.1) is 17.0 Å². The molecular formula is C31H26ClFN4O. The first-order valence-electron chi connectivity index (χ1n) is 12.7. The smallest absolute Gasteiger partial charge is 0.256 e. The molecular weight excluding hydrogens is 499 g/mol. The Bertz CT molecular complexity index is 1590. The molecule has 5 aromatic rings. The fraction of sp³-hybridized carbons (Fsp3) is 0.161. The van der Waals surface area contributed by atoms with Gasteiger partial charge in [0.15, 0.2) is 0 Å². The van der Waals surface area contributed by atoms with Crippen LogP contribution in [0.15, 0.2) is 97.2 Å². The van der Waals surface area contributed by atoms with Crippen LogP contribution in [0.25, 0.3) is 28.0 Å². The van der Waals surface area contributed by atoms with Crippen LogP contribution in [0.1, 0.15) is 16.1 Å². The number of pyridine rings is 1. The van der Waals surface area contributed by atoms with E-state index in [1.807, 2.05) is 42.5 Å². The van der Waals surface area contributed by atoms with E-state index in [2.05, 4.69) is 39.8 Å². The van der Waals surface area contributed by atoms with E-state index < -0.39 is 5.82 Å². The highest BCUT2D eigenvalue weighted by molar-refractivity contribution is 6.30. The zero-order valence-corrected chi connectivity index (χ0v) is 21.5. The summed E-state index contributed by atoms with van der Waals surface area (Å²) in [5.41, 5.74) is 6.25. The van der Waals surface area contributed by atoms with E-state index in [1.165, 1.54) is 6.07 Å². The van der Waals surface area contributed by atoms with E-state index in [9.17, 15) is 9.18 Å². The molecule has 0 N–H and O–H groups in total. The molecule has 0 spiro atoms. The Balaban J connectivity index is 1.30. The first-order chi connectivity index (χ1) is 18.6. The Morgan fingerprint density at radius 2 is 1.47 bits per heavy atom. The monoisotopic (exact) mass is 524 g/mol. The third kappa shape index (κ3) is 4.80. The average molecular weight is 525 g/mol. The van der Waals surface area contributed by atoms with Crippen molar-refractivity contribution in [2.24, 2.45) is 0 Å². The summed E-state index contributed by atoms with van der Waals surface area (Å²) in [6, 6.07) is 28.4. The highest BCUT2D eigenvalue weighted by Gasteiger charge is 2.25. The Morgan fingerprint density at radius 1 is 0.789 bits per heavy atom. The lowest BCUT2D eigenvalue weighted by Gasteiger charge is -2.34. The number of hydrogen-bond acceptors (Lipinski definition) is 3. The number of benzene rings is 3. The molecule has 0 atom stereocenters. The number of carbonyl (C=O) groups is 1. The van der Waals surface area contributed by atoms with E-state index in [-0.39, 0.29) is 11.5 Å². The van der Waals surface area contributed by atoms with Crippen molar-refractivity contribution in [1.82, 2.24) is 19.2 Å². The molecule has 1 saturated heterocycles. The number of fused-ring (bicyclic) bond motifs is 1. The number of rotatable bonds is 5. The van der Waals surface area contributed by atoms with Crippen molar-refractivity contribution >= 4 is 23.2 Å². The van der Waals surface area contributed by atoms with Crippen LogP contribution >= 0.6 is 11.6 Å². The Hall–Kier alpha value is -4.00. The van der Waals surface area contributed by atoms with Gasteiger partial charge in [-0.1, -0.05) is 66.2 Å². The van der Waals surface area contributed by atoms with Gasteiger partial charge in [0.25, 0.3) is 5.91 Å². The van der Waals surface area contributed by atoms with Crippen molar-refractivity contribution in [3.8, 4) is 22.4 Å². The maximum atomic E-state index is 14.2. The van der Waals surface area contributed by atoms with Gasteiger partial charge in [-0.25, -0.2) is 9.37 Å². The van der Waals surface area contributed by atoms with Crippen LogP contribution in [0.2, 0.25) is 5.02 Å². The van der Waals surface area contributed by atoms with Gasteiger partial charge in [0, 0.05) is 49.5 Å². The van der Waals surface area contributed by atoms with Gasteiger partial charge < -0.3 is 9.30 Å². The highest BCUT2D eigenvalue weighted by Crippen LogP contribution is 2.29. The molecule has 3 aromatic carbocycles. The lowest BCUT2D eigenvalue weighted by atomic mass is 10.1.